The minimum absolute atomic E-state index is 0.282. The Bertz CT molecular complexity index is 315. The standard InChI is InChI=1S/C10H18ClN3O2/c1-8(2)14-9(6-11)12-13-10(14)7-16-5-4-15-3/h8H,4-7H2,1-3H3. The van der Waals surface area contributed by atoms with Crippen LogP contribution >= 0.6 is 11.6 Å². The van der Waals surface area contributed by atoms with E-state index in [4.69, 9.17) is 21.1 Å². The van der Waals surface area contributed by atoms with Crippen molar-refractivity contribution < 1.29 is 9.47 Å². The van der Waals surface area contributed by atoms with Crippen molar-refractivity contribution in [3.05, 3.63) is 11.6 Å². The average molecular weight is 248 g/mol. The van der Waals surface area contributed by atoms with E-state index < -0.39 is 0 Å². The van der Waals surface area contributed by atoms with Gasteiger partial charge in [-0.2, -0.15) is 0 Å². The summed E-state index contributed by atoms with van der Waals surface area (Å²) in [6.45, 7) is 5.71. The molecule has 0 aromatic carbocycles. The van der Waals surface area contributed by atoms with E-state index in [1.165, 1.54) is 0 Å². The van der Waals surface area contributed by atoms with Crippen LogP contribution in [0.4, 0.5) is 0 Å². The molecule has 0 saturated heterocycles. The number of methoxy groups -OCH3 is 1. The average Bonchev–Trinajstić information content (AvgIpc) is 2.67. The number of alkyl halides is 1. The number of hydrogen-bond donors (Lipinski definition) is 0. The van der Waals surface area contributed by atoms with Crippen LogP contribution in [0.1, 0.15) is 31.5 Å². The van der Waals surface area contributed by atoms with Crippen LogP contribution in [0, 0.1) is 0 Å². The first-order valence-corrected chi connectivity index (χ1v) is 5.79. The first-order valence-electron chi connectivity index (χ1n) is 5.26. The van der Waals surface area contributed by atoms with E-state index >= 15 is 0 Å². The molecule has 0 aliphatic carbocycles. The van der Waals surface area contributed by atoms with Gasteiger partial charge in [0.15, 0.2) is 5.82 Å². The monoisotopic (exact) mass is 247 g/mol. The predicted molar refractivity (Wildman–Crippen MR) is 61.5 cm³/mol. The Morgan fingerprint density at radius 2 is 1.94 bits per heavy atom. The van der Waals surface area contributed by atoms with Crippen LogP contribution in [0.15, 0.2) is 0 Å². The van der Waals surface area contributed by atoms with Crippen LogP contribution in [0.5, 0.6) is 0 Å². The summed E-state index contributed by atoms with van der Waals surface area (Å²) >= 11 is 5.79. The fraction of sp³-hybridized carbons (Fsp3) is 0.800. The molecule has 1 aromatic rings. The van der Waals surface area contributed by atoms with Crippen LogP contribution in [0.25, 0.3) is 0 Å². The van der Waals surface area contributed by atoms with E-state index in [-0.39, 0.29) is 6.04 Å². The Morgan fingerprint density at radius 1 is 1.25 bits per heavy atom. The summed E-state index contributed by atoms with van der Waals surface area (Å²) in [6.07, 6.45) is 0. The Balaban J connectivity index is 2.61. The summed E-state index contributed by atoms with van der Waals surface area (Å²) in [6, 6.07) is 0.282. The van der Waals surface area contributed by atoms with Gasteiger partial charge in [-0.3, -0.25) is 0 Å². The maximum absolute atomic E-state index is 5.79. The minimum Gasteiger partial charge on any atom is -0.382 e. The van der Waals surface area contributed by atoms with E-state index in [1.54, 1.807) is 7.11 Å². The van der Waals surface area contributed by atoms with Crippen LogP contribution in [0.3, 0.4) is 0 Å². The summed E-state index contributed by atoms with van der Waals surface area (Å²) < 4.78 is 12.3. The molecule has 0 atom stereocenters. The number of rotatable bonds is 7. The molecule has 0 saturated carbocycles. The Labute approximate surface area is 101 Å². The highest BCUT2D eigenvalue weighted by Crippen LogP contribution is 2.13. The molecule has 0 fully saturated rings. The van der Waals surface area contributed by atoms with Crippen molar-refractivity contribution in [3.8, 4) is 0 Å². The van der Waals surface area contributed by atoms with Crippen LogP contribution in [0.2, 0.25) is 0 Å². The minimum atomic E-state index is 0.282. The highest BCUT2D eigenvalue weighted by molar-refractivity contribution is 6.16. The lowest BCUT2D eigenvalue weighted by molar-refractivity contribution is 0.0568. The van der Waals surface area contributed by atoms with Crippen LogP contribution in [-0.4, -0.2) is 35.1 Å². The zero-order valence-corrected chi connectivity index (χ0v) is 10.7. The van der Waals surface area contributed by atoms with Gasteiger partial charge in [0.1, 0.15) is 12.4 Å². The Hall–Kier alpha value is -0.650. The lowest BCUT2D eigenvalue weighted by Crippen LogP contribution is -2.11. The molecule has 1 heterocycles. The number of hydrogen-bond acceptors (Lipinski definition) is 4. The third kappa shape index (κ3) is 3.43. The van der Waals surface area contributed by atoms with Gasteiger partial charge in [0.05, 0.1) is 19.1 Å². The Kier molecular flexibility index (Phi) is 5.73. The summed E-state index contributed by atoms with van der Waals surface area (Å²) in [4.78, 5) is 0. The van der Waals surface area contributed by atoms with Gasteiger partial charge >= 0.3 is 0 Å². The molecule has 16 heavy (non-hydrogen) atoms. The molecule has 0 aliphatic rings. The number of halogens is 1. The maximum atomic E-state index is 5.79. The maximum Gasteiger partial charge on any atom is 0.159 e. The van der Waals surface area contributed by atoms with Crippen molar-refractivity contribution in [2.24, 2.45) is 0 Å². The van der Waals surface area contributed by atoms with Crippen molar-refractivity contribution in [1.82, 2.24) is 14.8 Å². The fourth-order valence-electron chi connectivity index (χ4n) is 1.45. The van der Waals surface area contributed by atoms with Crippen molar-refractivity contribution >= 4 is 11.6 Å². The fourth-order valence-corrected chi connectivity index (χ4v) is 1.63. The van der Waals surface area contributed by atoms with Gasteiger partial charge in [0.2, 0.25) is 0 Å². The van der Waals surface area contributed by atoms with Gasteiger partial charge in [-0.05, 0) is 13.8 Å². The molecule has 0 N–H and O–H groups in total. The second-order valence-electron chi connectivity index (χ2n) is 3.68. The molecule has 0 amide bonds. The molecule has 92 valence electrons. The van der Waals surface area contributed by atoms with Gasteiger partial charge in [0, 0.05) is 13.2 Å². The molecular weight excluding hydrogens is 230 g/mol. The highest BCUT2D eigenvalue weighted by Gasteiger charge is 2.13. The normalized spacial score (nSPS) is 11.3. The predicted octanol–water partition coefficient (Wildman–Crippen LogP) is 1.76. The third-order valence-corrected chi connectivity index (χ3v) is 2.37. The molecule has 0 radical (unpaired) electrons. The van der Waals surface area contributed by atoms with E-state index in [0.717, 1.165) is 11.6 Å². The lowest BCUT2D eigenvalue weighted by Gasteiger charge is -2.12. The molecule has 0 spiro atoms. The van der Waals surface area contributed by atoms with Crippen molar-refractivity contribution in [3.63, 3.8) is 0 Å². The largest absolute Gasteiger partial charge is 0.382 e. The molecule has 0 aliphatic heterocycles. The van der Waals surface area contributed by atoms with E-state index in [9.17, 15) is 0 Å². The molecule has 5 nitrogen and oxygen atoms in total. The Morgan fingerprint density at radius 3 is 2.50 bits per heavy atom. The van der Waals surface area contributed by atoms with Gasteiger partial charge in [-0.15, -0.1) is 21.8 Å². The molecule has 1 aromatic heterocycles. The summed E-state index contributed by atoms with van der Waals surface area (Å²) in [5.41, 5.74) is 0. The summed E-state index contributed by atoms with van der Waals surface area (Å²) in [7, 11) is 1.64. The van der Waals surface area contributed by atoms with E-state index in [1.807, 2.05) is 4.57 Å². The molecule has 0 bridgehead atoms. The van der Waals surface area contributed by atoms with Crippen LogP contribution in [-0.2, 0) is 22.0 Å². The topological polar surface area (TPSA) is 49.2 Å². The first-order chi connectivity index (χ1) is 7.70. The number of ether oxygens (including phenoxy) is 2. The highest BCUT2D eigenvalue weighted by atomic mass is 35.5. The van der Waals surface area contributed by atoms with E-state index in [2.05, 4.69) is 24.0 Å². The first kappa shape index (κ1) is 13.4. The molecular formula is C10H18ClN3O2. The quantitative estimate of drug-likeness (QED) is 0.544. The zero-order valence-electron chi connectivity index (χ0n) is 9.94. The third-order valence-electron chi connectivity index (χ3n) is 2.14. The number of nitrogens with zero attached hydrogens (tertiary/aromatic N) is 3. The van der Waals surface area contributed by atoms with E-state index in [0.29, 0.717) is 25.7 Å². The molecule has 0 unspecified atom stereocenters. The van der Waals surface area contributed by atoms with Gasteiger partial charge < -0.3 is 14.0 Å². The van der Waals surface area contributed by atoms with Gasteiger partial charge in [0.25, 0.3) is 0 Å². The van der Waals surface area contributed by atoms with Crippen molar-refractivity contribution in [1.29, 1.82) is 0 Å². The SMILES string of the molecule is COCCOCc1nnc(CCl)n1C(C)C. The molecule has 6 heteroatoms. The van der Waals surface area contributed by atoms with Crippen molar-refractivity contribution in [2.75, 3.05) is 20.3 Å². The van der Waals surface area contributed by atoms with Crippen LogP contribution < -0.4 is 0 Å². The molecule has 1 rings (SSSR count). The summed E-state index contributed by atoms with van der Waals surface area (Å²) in [5.74, 6) is 1.95. The second kappa shape index (κ2) is 6.83. The summed E-state index contributed by atoms with van der Waals surface area (Å²) in [5, 5.41) is 8.09. The number of aromatic nitrogens is 3. The zero-order chi connectivity index (χ0) is 12.0. The lowest BCUT2D eigenvalue weighted by atomic mass is 10.3. The smallest absolute Gasteiger partial charge is 0.159 e. The van der Waals surface area contributed by atoms with Gasteiger partial charge in [-0.1, -0.05) is 0 Å². The van der Waals surface area contributed by atoms with Crippen molar-refractivity contribution in [2.45, 2.75) is 32.4 Å². The second-order valence-corrected chi connectivity index (χ2v) is 3.94. The van der Waals surface area contributed by atoms with Gasteiger partial charge in [-0.25, -0.2) is 0 Å².